The van der Waals surface area contributed by atoms with E-state index in [1.54, 1.807) is 0 Å². The van der Waals surface area contributed by atoms with Crippen molar-refractivity contribution in [3.63, 3.8) is 0 Å². The maximum absolute atomic E-state index is 6.33. The van der Waals surface area contributed by atoms with Crippen LogP contribution in [0.25, 0.3) is 0 Å². The SMILES string of the molecule is CN(C)C1(C(NN)c2ccccc2Cl)CCCC1. The number of likely N-dealkylation sites (N-methyl/N-ethyl adjacent to an activating group) is 1. The first kappa shape index (κ1) is 13.8. The van der Waals surface area contributed by atoms with Crippen molar-refractivity contribution in [2.75, 3.05) is 14.1 Å². The fourth-order valence-corrected chi connectivity index (χ4v) is 3.47. The Kier molecular flexibility index (Phi) is 4.28. The third kappa shape index (κ3) is 2.28. The molecule has 1 aromatic carbocycles. The smallest absolute Gasteiger partial charge is 0.0658 e. The molecular formula is C14H22ClN3. The Hall–Kier alpha value is -0.610. The monoisotopic (exact) mass is 267 g/mol. The van der Waals surface area contributed by atoms with E-state index in [0.717, 1.165) is 23.4 Å². The van der Waals surface area contributed by atoms with Gasteiger partial charge in [-0.25, -0.2) is 0 Å². The molecule has 1 aliphatic rings. The number of rotatable bonds is 4. The van der Waals surface area contributed by atoms with E-state index in [9.17, 15) is 0 Å². The predicted molar refractivity (Wildman–Crippen MR) is 76.4 cm³/mol. The first-order chi connectivity index (χ1) is 8.62. The van der Waals surface area contributed by atoms with Crippen LogP contribution < -0.4 is 11.3 Å². The molecule has 100 valence electrons. The Balaban J connectivity index is 2.41. The molecule has 0 aromatic heterocycles. The molecule has 3 nitrogen and oxygen atoms in total. The van der Waals surface area contributed by atoms with Crippen LogP contribution >= 0.6 is 11.6 Å². The number of hydrogen-bond acceptors (Lipinski definition) is 3. The number of hydrogen-bond donors (Lipinski definition) is 2. The van der Waals surface area contributed by atoms with E-state index in [0.29, 0.717) is 0 Å². The molecule has 4 heteroatoms. The molecule has 0 aliphatic heterocycles. The summed E-state index contributed by atoms with van der Waals surface area (Å²) in [6, 6.07) is 8.04. The highest BCUT2D eigenvalue weighted by Crippen LogP contribution is 2.44. The molecule has 1 aliphatic carbocycles. The largest absolute Gasteiger partial charge is 0.302 e. The van der Waals surface area contributed by atoms with Crippen LogP contribution in [0.15, 0.2) is 24.3 Å². The average Bonchev–Trinajstić information content (AvgIpc) is 2.83. The Bertz CT molecular complexity index is 400. The zero-order valence-electron chi connectivity index (χ0n) is 11.1. The molecule has 1 fully saturated rings. The summed E-state index contributed by atoms with van der Waals surface area (Å²) < 4.78 is 0. The average molecular weight is 268 g/mol. The minimum Gasteiger partial charge on any atom is -0.302 e. The third-order valence-corrected chi connectivity index (χ3v) is 4.62. The van der Waals surface area contributed by atoms with Gasteiger partial charge in [-0.05, 0) is 38.6 Å². The predicted octanol–water partition coefficient (Wildman–Crippen LogP) is 2.72. The van der Waals surface area contributed by atoms with E-state index in [1.807, 2.05) is 18.2 Å². The Labute approximate surface area is 114 Å². The summed E-state index contributed by atoms with van der Waals surface area (Å²) in [4.78, 5) is 2.30. The highest BCUT2D eigenvalue weighted by atomic mass is 35.5. The molecule has 1 saturated carbocycles. The van der Waals surface area contributed by atoms with Gasteiger partial charge >= 0.3 is 0 Å². The molecule has 18 heavy (non-hydrogen) atoms. The maximum atomic E-state index is 6.33. The number of benzene rings is 1. The van der Waals surface area contributed by atoms with E-state index >= 15 is 0 Å². The second-order valence-electron chi connectivity index (χ2n) is 5.33. The van der Waals surface area contributed by atoms with Gasteiger partial charge in [0.1, 0.15) is 0 Å². The fourth-order valence-electron chi connectivity index (χ4n) is 3.22. The van der Waals surface area contributed by atoms with Crippen LogP contribution in [0.5, 0.6) is 0 Å². The molecule has 0 amide bonds. The van der Waals surface area contributed by atoms with E-state index in [2.05, 4.69) is 30.5 Å². The summed E-state index contributed by atoms with van der Waals surface area (Å²) >= 11 is 6.33. The first-order valence-electron chi connectivity index (χ1n) is 6.50. The van der Waals surface area contributed by atoms with Crippen LogP contribution in [0, 0.1) is 0 Å². The molecule has 0 heterocycles. The maximum Gasteiger partial charge on any atom is 0.0658 e. The summed E-state index contributed by atoms with van der Waals surface area (Å²) in [5.41, 5.74) is 4.16. The molecular weight excluding hydrogens is 246 g/mol. The highest BCUT2D eigenvalue weighted by Gasteiger charge is 2.44. The highest BCUT2D eigenvalue weighted by molar-refractivity contribution is 6.31. The molecule has 0 spiro atoms. The van der Waals surface area contributed by atoms with Crippen LogP contribution in [0.3, 0.4) is 0 Å². The number of nitrogens with zero attached hydrogens (tertiary/aromatic N) is 1. The van der Waals surface area contributed by atoms with E-state index in [4.69, 9.17) is 17.4 Å². The molecule has 1 aromatic rings. The van der Waals surface area contributed by atoms with Gasteiger partial charge in [-0.2, -0.15) is 0 Å². The molecule has 0 bridgehead atoms. The summed E-state index contributed by atoms with van der Waals surface area (Å²) in [5, 5.41) is 0.786. The van der Waals surface area contributed by atoms with Crippen molar-refractivity contribution in [3.05, 3.63) is 34.9 Å². The van der Waals surface area contributed by atoms with Gasteiger partial charge in [-0.3, -0.25) is 11.3 Å². The molecule has 1 unspecified atom stereocenters. The van der Waals surface area contributed by atoms with Gasteiger partial charge in [-0.15, -0.1) is 0 Å². The molecule has 1 atom stereocenters. The van der Waals surface area contributed by atoms with Crippen molar-refractivity contribution < 1.29 is 0 Å². The van der Waals surface area contributed by atoms with Crippen molar-refractivity contribution >= 4 is 11.6 Å². The van der Waals surface area contributed by atoms with Crippen molar-refractivity contribution in [1.29, 1.82) is 0 Å². The number of nitrogens with one attached hydrogen (secondary N) is 1. The van der Waals surface area contributed by atoms with Gasteiger partial charge in [0, 0.05) is 10.6 Å². The van der Waals surface area contributed by atoms with Gasteiger partial charge in [0.25, 0.3) is 0 Å². The zero-order chi connectivity index (χ0) is 13.2. The standard InChI is InChI=1S/C14H22ClN3/c1-18(2)14(9-5-6-10-14)13(17-16)11-7-3-4-8-12(11)15/h3-4,7-8,13,17H,5-6,9-10,16H2,1-2H3. The molecule has 3 N–H and O–H groups in total. The minimum atomic E-state index is 0.0692. The lowest BCUT2D eigenvalue weighted by atomic mass is 9.83. The van der Waals surface area contributed by atoms with Crippen molar-refractivity contribution in [2.24, 2.45) is 5.84 Å². The Morgan fingerprint density at radius 3 is 2.39 bits per heavy atom. The van der Waals surface area contributed by atoms with E-state index in [1.165, 1.54) is 12.8 Å². The first-order valence-corrected chi connectivity index (χ1v) is 6.87. The van der Waals surface area contributed by atoms with E-state index < -0.39 is 0 Å². The van der Waals surface area contributed by atoms with Crippen molar-refractivity contribution in [1.82, 2.24) is 10.3 Å². The van der Waals surface area contributed by atoms with Crippen LogP contribution in [-0.4, -0.2) is 24.5 Å². The van der Waals surface area contributed by atoms with Crippen LogP contribution in [0.2, 0.25) is 5.02 Å². The molecule has 0 radical (unpaired) electrons. The van der Waals surface area contributed by atoms with E-state index in [-0.39, 0.29) is 11.6 Å². The Morgan fingerprint density at radius 2 is 1.89 bits per heavy atom. The van der Waals surface area contributed by atoms with Gasteiger partial charge in [0.15, 0.2) is 0 Å². The van der Waals surface area contributed by atoms with Crippen molar-refractivity contribution in [2.45, 2.75) is 37.3 Å². The summed E-state index contributed by atoms with van der Waals surface area (Å²) in [6.45, 7) is 0. The van der Waals surface area contributed by atoms with Crippen LogP contribution in [-0.2, 0) is 0 Å². The lowest BCUT2D eigenvalue weighted by molar-refractivity contribution is 0.105. The van der Waals surface area contributed by atoms with Gasteiger partial charge < -0.3 is 4.90 Å². The molecule has 0 saturated heterocycles. The Morgan fingerprint density at radius 1 is 1.28 bits per heavy atom. The third-order valence-electron chi connectivity index (χ3n) is 4.28. The van der Waals surface area contributed by atoms with Crippen LogP contribution in [0.1, 0.15) is 37.3 Å². The second-order valence-corrected chi connectivity index (χ2v) is 5.73. The second kappa shape index (κ2) is 5.57. The van der Waals surface area contributed by atoms with Crippen LogP contribution in [0.4, 0.5) is 0 Å². The van der Waals surface area contributed by atoms with Crippen molar-refractivity contribution in [3.8, 4) is 0 Å². The number of hydrazine groups is 1. The van der Waals surface area contributed by atoms with Gasteiger partial charge in [0.2, 0.25) is 0 Å². The van der Waals surface area contributed by atoms with Gasteiger partial charge in [0.05, 0.1) is 6.04 Å². The number of nitrogens with two attached hydrogens (primary N) is 1. The topological polar surface area (TPSA) is 41.3 Å². The quantitative estimate of drug-likeness (QED) is 0.651. The summed E-state index contributed by atoms with van der Waals surface area (Å²) in [7, 11) is 4.26. The van der Waals surface area contributed by atoms with Gasteiger partial charge in [-0.1, -0.05) is 42.6 Å². The lowest BCUT2D eigenvalue weighted by Gasteiger charge is -2.43. The number of halogens is 1. The summed E-state index contributed by atoms with van der Waals surface area (Å²) in [5.74, 6) is 5.84. The lowest BCUT2D eigenvalue weighted by Crippen LogP contribution is -2.53. The zero-order valence-corrected chi connectivity index (χ0v) is 11.9. The fraction of sp³-hybridized carbons (Fsp3) is 0.571. The summed E-state index contributed by atoms with van der Waals surface area (Å²) in [6.07, 6.45) is 4.81. The normalized spacial score (nSPS) is 20.3. The minimum absolute atomic E-state index is 0.0692. The molecule has 2 rings (SSSR count).